The minimum atomic E-state index is -0.798. The fourth-order valence-corrected chi connectivity index (χ4v) is 3.32. The Morgan fingerprint density at radius 3 is 2.90 bits per heavy atom. The van der Waals surface area contributed by atoms with Gasteiger partial charge in [-0.15, -0.1) is 10.2 Å². The minimum Gasteiger partial charge on any atom is -0.495 e. The number of aromatic nitrogens is 4. The zero-order valence-corrected chi connectivity index (χ0v) is 16.8. The Balaban J connectivity index is 1.69. The Morgan fingerprint density at radius 2 is 2.13 bits per heavy atom. The highest BCUT2D eigenvalue weighted by Gasteiger charge is 2.18. The average molecular weight is 422 g/mol. The lowest BCUT2D eigenvalue weighted by Gasteiger charge is -2.20. The maximum Gasteiger partial charge on any atom is 0.273 e. The molecule has 2 aromatic heterocycles. The lowest BCUT2D eigenvalue weighted by atomic mass is 10.00. The van der Waals surface area contributed by atoms with E-state index in [9.17, 15) is 9.90 Å². The lowest BCUT2D eigenvalue weighted by molar-refractivity contribution is 0.0995. The molecule has 0 saturated carbocycles. The number of hydrogen-bond donors (Lipinski definition) is 5. The molecule has 160 valence electrons. The summed E-state index contributed by atoms with van der Waals surface area (Å²) in [5.74, 6) is 0.377. The van der Waals surface area contributed by atoms with E-state index in [0.717, 1.165) is 25.1 Å². The second-order valence-corrected chi connectivity index (χ2v) is 6.86. The number of aliphatic hydroxyl groups is 1. The zero-order valence-electron chi connectivity index (χ0n) is 16.8. The molecule has 3 aromatic rings. The van der Waals surface area contributed by atoms with Gasteiger partial charge >= 0.3 is 0 Å². The third-order valence-corrected chi connectivity index (χ3v) is 4.87. The van der Waals surface area contributed by atoms with Crippen LogP contribution in [0.15, 0.2) is 30.5 Å². The van der Waals surface area contributed by atoms with Crippen molar-refractivity contribution < 1.29 is 14.6 Å². The van der Waals surface area contributed by atoms with Crippen LogP contribution in [0, 0.1) is 0 Å². The smallest absolute Gasteiger partial charge is 0.273 e. The van der Waals surface area contributed by atoms with Gasteiger partial charge in [-0.2, -0.15) is 4.98 Å². The standard InChI is InChI=1S/C20H22N8O3/c1-31-15-8-11-4-6-22-9-13(11)7-14(15)24-20-26-19(16(17(21)30)27-28-20)25-18-12(10-29)3-2-5-23-18/h2-3,5,7-8,22,29H,4,6,9-10H2,1H3,(H2,21,30)(H2,23,24,25,26,28). The van der Waals surface area contributed by atoms with Gasteiger partial charge in [-0.25, -0.2) is 4.98 Å². The summed E-state index contributed by atoms with van der Waals surface area (Å²) in [5.41, 5.74) is 8.83. The summed E-state index contributed by atoms with van der Waals surface area (Å²) in [6.07, 6.45) is 2.47. The molecule has 0 saturated heterocycles. The molecular formula is C20H22N8O3. The molecule has 1 amide bonds. The molecule has 1 aliphatic heterocycles. The van der Waals surface area contributed by atoms with Crippen LogP contribution >= 0.6 is 0 Å². The molecule has 0 radical (unpaired) electrons. The van der Waals surface area contributed by atoms with E-state index < -0.39 is 5.91 Å². The number of amides is 1. The molecule has 0 bridgehead atoms. The van der Waals surface area contributed by atoms with Crippen LogP contribution in [0.25, 0.3) is 0 Å². The summed E-state index contributed by atoms with van der Waals surface area (Å²) >= 11 is 0. The molecule has 0 aliphatic carbocycles. The molecule has 11 heteroatoms. The molecule has 0 spiro atoms. The number of methoxy groups -OCH3 is 1. The number of carbonyl (C=O) groups excluding carboxylic acids is 1. The number of ether oxygens (including phenoxy) is 1. The van der Waals surface area contributed by atoms with Gasteiger partial charge in [0.05, 0.1) is 19.4 Å². The van der Waals surface area contributed by atoms with E-state index in [1.54, 1.807) is 25.4 Å². The summed E-state index contributed by atoms with van der Waals surface area (Å²) in [6.45, 7) is 1.43. The number of primary amides is 1. The number of hydrogen-bond acceptors (Lipinski definition) is 10. The van der Waals surface area contributed by atoms with E-state index in [-0.39, 0.29) is 24.1 Å². The van der Waals surface area contributed by atoms with Gasteiger partial charge in [0.15, 0.2) is 11.5 Å². The first-order valence-corrected chi connectivity index (χ1v) is 9.63. The van der Waals surface area contributed by atoms with Crippen molar-refractivity contribution in [3.8, 4) is 5.75 Å². The van der Waals surface area contributed by atoms with Crippen molar-refractivity contribution in [2.24, 2.45) is 5.73 Å². The van der Waals surface area contributed by atoms with E-state index in [1.807, 2.05) is 12.1 Å². The number of anilines is 4. The predicted octanol–water partition coefficient (Wildman–Crippen LogP) is 0.999. The molecule has 0 fully saturated rings. The monoisotopic (exact) mass is 422 g/mol. The summed E-state index contributed by atoms with van der Waals surface area (Å²) in [6, 6.07) is 7.35. The molecule has 4 rings (SSSR count). The Labute approximate surface area is 178 Å². The number of nitrogens with two attached hydrogens (primary N) is 1. The van der Waals surface area contributed by atoms with Crippen molar-refractivity contribution in [3.63, 3.8) is 0 Å². The lowest BCUT2D eigenvalue weighted by Crippen LogP contribution is -2.23. The third-order valence-electron chi connectivity index (χ3n) is 4.87. The molecule has 0 unspecified atom stereocenters. The predicted molar refractivity (Wildman–Crippen MR) is 113 cm³/mol. The molecule has 0 atom stereocenters. The van der Waals surface area contributed by atoms with E-state index in [1.165, 1.54) is 5.56 Å². The van der Waals surface area contributed by atoms with Gasteiger partial charge in [-0.1, -0.05) is 6.07 Å². The highest BCUT2D eigenvalue weighted by molar-refractivity contribution is 5.96. The first-order chi connectivity index (χ1) is 15.1. The molecule has 11 nitrogen and oxygen atoms in total. The van der Waals surface area contributed by atoms with E-state index in [0.29, 0.717) is 22.8 Å². The van der Waals surface area contributed by atoms with Gasteiger partial charge < -0.3 is 31.5 Å². The third kappa shape index (κ3) is 4.37. The van der Waals surface area contributed by atoms with Crippen LogP contribution < -0.4 is 26.4 Å². The highest BCUT2D eigenvalue weighted by atomic mass is 16.5. The van der Waals surface area contributed by atoms with Crippen molar-refractivity contribution in [2.75, 3.05) is 24.3 Å². The normalized spacial score (nSPS) is 12.7. The second kappa shape index (κ2) is 8.90. The van der Waals surface area contributed by atoms with Crippen molar-refractivity contribution in [2.45, 2.75) is 19.6 Å². The van der Waals surface area contributed by atoms with Gasteiger partial charge in [0.25, 0.3) is 5.91 Å². The van der Waals surface area contributed by atoms with Crippen molar-refractivity contribution >= 4 is 29.2 Å². The number of fused-ring (bicyclic) bond motifs is 1. The van der Waals surface area contributed by atoms with Crippen LogP contribution in [0.3, 0.4) is 0 Å². The van der Waals surface area contributed by atoms with Crippen molar-refractivity contribution in [1.29, 1.82) is 0 Å². The van der Waals surface area contributed by atoms with Crippen LogP contribution in [0.1, 0.15) is 27.2 Å². The SMILES string of the molecule is COc1cc2c(cc1Nc1nnc(C(N)=O)c(Nc3ncccc3CO)n1)CNCC2. The number of pyridine rings is 1. The second-order valence-electron chi connectivity index (χ2n) is 6.86. The van der Waals surface area contributed by atoms with Crippen molar-refractivity contribution in [3.05, 3.63) is 52.8 Å². The number of carbonyl (C=O) groups is 1. The quantitative estimate of drug-likeness (QED) is 0.371. The number of aliphatic hydroxyl groups excluding tert-OH is 1. The van der Waals surface area contributed by atoms with Crippen LogP contribution in [-0.2, 0) is 19.6 Å². The summed E-state index contributed by atoms with van der Waals surface area (Å²) < 4.78 is 5.52. The van der Waals surface area contributed by atoms with Gasteiger partial charge in [0.1, 0.15) is 11.6 Å². The molecular weight excluding hydrogens is 400 g/mol. The van der Waals surface area contributed by atoms with E-state index in [4.69, 9.17) is 10.5 Å². The first kappa shape index (κ1) is 20.4. The molecule has 1 aliphatic rings. The molecule has 3 heterocycles. The van der Waals surface area contributed by atoms with Gasteiger partial charge in [0, 0.05) is 18.3 Å². The van der Waals surface area contributed by atoms with Crippen molar-refractivity contribution in [1.82, 2.24) is 25.5 Å². The topological polar surface area (TPSA) is 160 Å². The van der Waals surface area contributed by atoms with Gasteiger partial charge in [-0.05, 0) is 42.3 Å². The fourth-order valence-electron chi connectivity index (χ4n) is 3.32. The zero-order chi connectivity index (χ0) is 21.8. The Hall–Kier alpha value is -3.83. The minimum absolute atomic E-state index is 0.0667. The van der Waals surface area contributed by atoms with Crippen LogP contribution in [-0.4, -0.2) is 44.8 Å². The first-order valence-electron chi connectivity index (χ1n) is 9.63. The average Bonchev–Trinajstić information content (AvgIpc) is 2.79. The molecule has 1 aromatic carbocycles. The Kier molecular flexibility index (Phi) is 5.87. The van der Waals surface area contributed by atoms with Crippen LogP contribution in [0.5, 0.6) is 5.75 Å². The number of benzene rings is 1. The number of nitrogens with one attached hydrogen (secondary N) is 3. The summed E-state index contributed by atoms with van der Waals surface area (Å²) in [5, 5.41) is 26.8. The highest BCUT2D eigenvalue weighted by Crippen LogP contribution is 2.32. The van der Waals surface area contributed by atoms with Crippen LogP contribution in [0.2, 0.25) is 0 Å². The maximum absolute atomic E-state index is 11.8. The van der Waals surface area contributed by atoms with Gasteiger partial charge in [-0.3, -0.25) is 4.79 Å². The Bertz CT molecular complexity index is 1120. The summed E-state index contributed by atoms with van der Waals surface area (Å²) in [7, 11) is 1.59. The summed E-state index contributed by atoms with van der Waals surface area (Å²) in [4.78, 5) is 20.4. The number of nitrogens with zero attached hydrogens (tertiary/aromatic N) is 4. The molecule has 31 heavy (non-hydrogen) atoms. The molecule has 6 N–H and O–H groups in total. The number of rotatable bonds is 7. The fraction of sp³-hybridized carbons (Fsp3) is 0.250. The van der Waals surface area contributed by atoms with E-state index >= 15 is 0 Å². The van der Waals surface area contributed by atoms with Crippen LogP contribution in [0.4, 0.5) is 23.3 Å². The van der Waals surface area contributed by atoms with Gasteiger partial charge in [0.2, 0.25) is 5.95 Å². The van der Waals surface area contributed by atoms with E-state index in [2.05, 4.69) is 36.1 Å². The maximum atomic E-state index is 11.8. The largest absolute Gasteiger partial charge is 0.495 e. The Morgan fingerprint density at radius 1 is 1.26 bits per heavy atom.